The van der Waals surface area contributed by atoms with E-state index in [1.807, 2.05) is 36.4 Å². The predicted molar refractivity (Wildman–Crippen MR) is 88.4 cm³/mol. The maximum Gasteiger partial charge on any atom is 0.326 e. The zero-order chi connectivity index (χ0) is 16.7. The van der Waals surface area contributed by atoms with Crippen molar-refractivity contribution in [1.82, 2.24) is 10.6 Å². The summed E-state index contributed by atoms with van der Waals surface area (Å²) in [6, 6.07) is 14.7. The molecule has 0 saturated carbocycles. The first-order chi connectivity index (χ1) is 11.1. The lowest BCUT2D eigenvalue weighted by molar-refractivity contribution is -0.139. The highest BCUT2D eigenvalue weighted by atomic mass is 35.5. The Kier molecular flexibility index (Phi) is 6.00. The summed E-state index contributed by atoms with van der Waals surface area (Å²) in [4.78, 5) is 23.2. The molecular weight excluding hydrogens is 316 g/mol. The molecule has 3 N–H and O–H groups in total. The van der Waals surface area contributed by atoms with E-state index in [2.05, 4.69) is 10.6 Å². The lowest BCUT2D eigenvalue weighted by Crippen LogP contribution is -2.46. The fraction of sp³-hybridized carbons (Fsp3) is 0.176. The third-order valence-electron chi connectivity index (χ3n) is 3.28. The number of urea groups is 1. The van der Waals surface area contributed by atoms with Crippen LogP contribution in [0.5, 0.6) is 0 Å². The van der Waals surface area contributed by atoms with Gasteiger partial charge in [0.05, 0.1) is 0 Å². The van der Waals surface area contributed by atoms with E-state index in [-0.39, 0.29) is 13.0 Å². The number of rotatable bonds is 6. The Labute approximate surface area is 139 Å². The van der Waals surface area contributed by atoms with Crippen molar-refractivity contribution < 1.29 is 14.7 Å². The molecule has 0 bridgehead atoms. The summed E-state index contributed by atoms with van der Waals surface area (Å²) in [6.45, 7) is 0.225. The number of carbonyl (C=O) groups excluding carboxylic acids is 1. The minimum absolute atomic E-state index is 0.218. The monoisotopic (exact) mass is 332 g/mol. The van der Waals surface area contributed by atoms with Crippen molar-refractivity contribution in [3.63, 3.8) is 0 Å². The summed E-state index contributed by atoms with van der Waals surface area (Å²) in [5.41, 5.74) is 1.60. The third-order valence-corrected chi connectivity index (χ3v) is 3.65. The van der Waals surface area contributed by atoms with Crippen LogP contribution in [0.3, 0.4) is 0 Å². The molecule has 0 saturated heterocycles. The summed E-state index contributed by atoms with van der Waals surface area (Å²) in [5, 5.41) is 14.9. The van der Waals surface area contributed by atoms with Crippen molar-refractivity contribution in [2.24, 2.45) is 0 Å². The molecule has 2 aromatic carbocycles. The Hall–Kier alpha value is -2.53. The Morgan fingerprint density at radius 3 is 2.35 bits per heavy atom. The van der Waals surface area contributed by atoms with E-state index >= 15 is 0 Å². The van der Waals surface area contributed by atoms with Gasteiger partial charge in [0.25, 0.3) is 0 Å². The quantitative estimate of drug-likeness (QED) is 0.761. The molecule has 0 heterocycles. The van der Waals surface area contributed by atoms with Crippen molar-refractivity contribution in [2.45, 2.75) is 19.0 Å². The molecule has 0 fully saturated rings. The number of aliphatic carboxylic acids is 1. The first kappa shape index (κ1) is 16.8. The molecule has 1 unspecified atom stereocenters. The largest absolute Gasteiger partial charge is 0.480 e. The van der Waals surface area contributed by atoms with Gasteiger partial charge in [-0.15, -0.1) is 0 Å². The second kappa shape index (κ2) is 8.19. The Morgan fingerprint density at radius 2 is 1.70 bits per heavy atom. The van der Waals surface area contributed by atoms with Gasteiger partial charge in [-0.3, -0.25) is 0 Å². The number of benzene rings is 2. The van der Waals surface area contributed by atoms with Crippen molar-refractivity contribution >= 4 is 23.6 Å². The lowest BCUT2D eigenvalue weighted by Gasteiger charge is -2.15. The molecular formula is C17H17ClN2O3. The van der Waals surface area contributed by atoms with E-state index in [0.29, 0.717) is 5.02 Å². The summed E-state index contributed by atoms with van der Waals surface area (Å²) in [5.74, 6) is -1.08. The van der Waals surface area contributed by atoms with Gasteiger partial charge in [-0.1, -0.05) is 60.1 Å². The van der Waals surface area contributed by atoms with Gasteiger partial charge in [0, 0.05) is 18.0 Å². The molecule has 5 nitrogen and oxygen atoms in total. The van der Waals surface area contributed by atoms with Crippen LogP contribution in [0.25, 0.3) is 0 Å². The first-order valence-corrected chi connectivity index (χ1v) is 7.48. The number of carboxylic acids is 1. The highest BCUT2D eigenvalue weighted by molar-refractivity contribution is 6.31. The second-order valence-electron chi connectivity index (χ2n) is 5.00. The van der Waals surface area contributed by atoms with Crippen LogP contribution in [-0.4, -0.2) is 23.1 Å². The summed E-state index contributed by atoms with van der Waals surface area (Å²) in [7, 11) is 0. The van der Waals surface area contributed by atoms with E-state index in [4.69, 9.17) is 11.6 Å². The number of amides is 2. The van der Waals surface area contributed by atoms with E-state index in [9.17, 15) is 14.7 Å². The second-order valence-corrected chi connectivity index (χ2v) is 5.41. The number of hydrogen-bond acceptors (Lipinski definition) is 2. The minimum Gasteiger partial charge on any atom is -0.480 e. The van der Waals surface area contributed by atoms with Crippen LogP contribution in [0.1, 0.15) is 11.1 Å². The van der Waals surface area contributed by atoms with Gasteiger partial charge in [0.1, 0.15) is 6.04 Å². The number of carbonyl (C=O) groups is 2. The molecule has 0 radical (unpaired) electrons. The van der Waals surface area contributed by atoms with Gasteiger partial charge in [0.15, 0.2) is 0 Å². The smallest absolute Gasteiger partial charge is 0.326 e. The summed E-state index contributed by atoms with van der Waals surface area (Å²) >= 11 is 6.01. The summed E-state index contributed by atoms with van der Waals surface area (Å²) in [6.07, 6.45) is 0.218. The lowest BCUT2D eigenvalue weighted by atomic mass is 10.1. The van der Waals surface area contributed by atoms with E-state index < -0.39 is 18.0 Å². The highest BCUT2D eigenvalue weighted by Gasteiger charge is 2.20. The SMILES string of the molecule is O=C(NCc1ccccc1Cl)NC(Cc1ccccc1)C(=O)O. The average molecular weight is 333 g/mol. The van der Waals surface area contributed by atoms with Crippen LogP contribution >= 0.6 is 11.6 Å². The molecule has 0 aliphatic heterocycles. The van der Waals surface area contributed by atoms with Gasteiger partial charge in [-0.25, -0.2) is 9.59 Å². The molecule has 23 heavy (non-hydrogen) atoms. The van der Waals surface area contributed by atoms with Crippen molar-refractivity contribution in [2.75, 3.05) is 0 Å². The molecule has 0 aromatic heterocycles. The average Bonchev–Trinajstić information content (AvgIpc) is 2.54. The van der Waals surface area contributed by atoms with Crippen LogP contribution in [0.15, 0.2) is 54.6 Å². The van der Waals surface area contributed by atoms with Gasteiger partial charge < -0.3 is 15.7 Å². The molecule has 2 rings (SSSR count). The molecule has 0 aliphatic carbocycles. The number of hydrogen-bond donors (Lipinski definition) is 3. The molecule has 120 valence electrons. The number of nitrogens with one attached hydrogen (secondary N) is 2. The van der Waals surface area contributed by atoms with Crippen molar-refractivity contribution in [1.29, 1.82) is 0 Å². The van der Waals surface area contributed by atoms with Crippen LogP contribution in [0, 0.1) is 0 Å². The normalized spacial score (nSPS) is 11.5. The van der Waals surface area contributed by atoms with Crippen LogP contribution in [0.2, 0.25) is 5.02 Å². The maximum atomic E-state index is 11.9. The fourth-order valence-corrected chi connectivity index (χ4v) is 2.28. The first-order valence-electron chi connectivity index (χ1n) is 7.11. The zero-order valence-corrected chi connectivity index (χ0v) is 13.1. The molecule has 6 heteroatoms. The van der Waals surface area contributed by atoms with E-state index in [0.717, 1.165) is 11.1 Å². The van der Waals surface area contributed by atoms with E-state index in [1.54, 1.807) is 18.2 Å². The Balaban J connectivity index is 1.91. The molecule has 0 aliphatic rings. The Bertz CT molecular complexity index is 677. The van der Waals surface area contributed by atoms with Crippen LogP contribution in [-0.2, 0) is 17.8 Å². The zero-order valence-electron chi connectivity index (χ0n) is 12.3. The van der Waals surface area contributed by atoms with Gasteiger partial charge in [0.2, 0.25) is 0 Å². The molecule has 2 aromatic rings. The van der Waals surface area contributed by atoms with E-state index in [1.165, 1.54) is 0 Å². The van der Waals surface area contributed by atoms with Crippen LogP contribution < -0.4 is 10.6 Å². The van der Waals surface area contributed by atoms with Crippen LogP contribution in [0.4, 0.5) is 4.79 Å². The molecule has 1 atom stereocenters. The standard InChI is InChI=1S/C17H17ClN2O3/c18-14-9-5-4-8-13(14)11-19-17(23)20-15(16(21)22)10-12-6-2-1-3-7-12/h1-9,15H,10-11H2,(H,21,22)(H2,19,20,23). The summed E-state index contributed by atoms with van der Waals surface area (Å²) < 4.78 is 0. The topological polar surface area (TPSA) is 78.4 Å². The van der Waals surface area contributed by atoms with Gasteiger partial charge in [-0.2, -0.15) is 0 Å². The van der Waals surface area contributed by atoms with Gasteiger partial charge >= 0.3 is 12.0 Å². The molecule has 0 spiro atoms. The predicted octanol–water partition coefficient (Wildman–Crippen LogP) is 2.84. The number of halogens is 1. The third kappa shape index (κ3) is 5.30. The van der Waals surface area contributed by atoms with Crippen molar-refractivity contribution in [3.8, 4) is 0 Å². The number of carboxylic acid groups (broad SMARTS) is 1. The molecule has 2 amide bonds. The fourth-order valence-electron chi connectivity index (χ4n) is 2.08. The maximum absolute atomic E-state index is 11.9. The van der Waals surface area contributed by atoms with Gasteiger partial charge in [-0.05, 0) is 17.2 Å². The Morgan fingerprint density at radius 1 is 1.04 bits per heavy atom. The highest BCUT2D eigenvalue weighted by Crippen LogP contribution is 2.14. The minimum atomic E-state index is -1.08. The van der Waals surface area contributed by atoms with Crippen molar-refractivity contribution in [3.05, 3.63) is 70.7 Å².